The van der Waals surface area contributed by atoms with Crippen LogP contribution in [0.25, 0.3) is 5.57 Å². The molecule has 0 bridgehead atoms. The maximum absolute atomic E-state index is 12.7. The number of nitrogens with two attached hydrogens (primary N) is 1. The molecule has 0 spiro atoms. The highest BCUT2D eigenvalue weighted by molar-refractivity contribution is 7.89. The lowest BCUT2D eigenvalue weighted by Gasteiger charge is -2.16. The molecular formula is C18H15F3N2O3S. The maximum atomic E-state index is 12.7. The van der Waals surface area contributed by atoms with E-state index >= 15 is 0 Å². The predicted octanol–water partition coefficient (Wildman–Crippen LogP) is 2.91. The number of halogens is 3. The second-order valence-corrected chi connectivity index (χ2v) is 8.06. The van der Waals surface area contributed by atoms with E-state index in [9.17, 15) is 26.4 Å². The highest BCUT2D eigenvalue weighted by Crippen LogP contribution is 2.33. The summed E-state index contributed by atoms with van der Waals surface area (Å²) < 4.78 is 64.6. The van der Waals surface area contributed by atoms with Crippen LogP contribution in [0.1, 0.15) is 22.3 Å². The van der Waals surface area contributed by atoms with Crippen molar-refractivity contribution in [1.82, 2.24) is 4.31 Å². The van der Waals surface area contributed by atoms with E-state index in [-0.39, 0.29) is 23.6 Å². The van der Waals surface area contributed by atoms with Crippen molar-refractivity contribution in [3.63, 3.8) is 0 Å². The molecule has 2 N–H and O–H groups in total. The number of nitrogens with zero attached hydrogens (tertiary/aromatic N) is 1. The zero-order valence-corrected chi connectivity index (χ0v) is 14.8. The standard InChI is InChI=1S/C18H15F3N2O3S/c1-11(17(22)24)12-2-3-13-9-23(10-14(13)8-12)27(25,26)16-6-4-15(5-7-16)18(19,20)21/h2-8H,1,9-10H2,(H2,22,24). The Morgan fingerprint density at radius 2 is 1.63 bits per heavy atom. The summed E-state index contributed by atoms with van der Waals surface area (Å²) in [5, 5.41) is 0. The summed E-state index contributed by atoms with van der Waals surface area (Å²) in [4.78, 5) is 11.0. The fourth-order valence-electron chi connectivity index (χ4n) is 2.83. The Morgan fingerprint density at radius 3 is 2.19 bits per heavy atom. The number of hydrogen-bond acceptors (Lipinski definition) is 3. The number of amides is 1. The van der Waals surface area contributed by atoms with Gasteiger partial charge in [-0.2, -0.15) is 17.5 Å². The van der Waals surface area contributed by atoms with Crippen molar-refractivity contribution in [3.05, 3.63) is 71.3 Å². The molecule has 3 rings (SSSR count). The van der Waals surface area contributed by atoms with Crippen molar-refractivity contribution in [2.24, 2.45) is 5.73 Å². The van der Waals surface area contributed by atoms with Crippen molar-refractivity contribution < 1.29 is 26.4 Å². The second kappa shape index (κ2) is 6.50. The summed E-state index contributed by atoms with van der Waals surface area (Å²) in [6.45, 7) is 3.72. The van der Waals surface area contributed by atoms with Crippen LogP contribution in [0.15, 0.2) is 53.9 Å². The number of rotatable bonds is 4. The Labute approximate surface area is 154 Å². The third kappa shape index (κ3) is 3.60. The molecule has 0 saturated heterocycles. The molecule has 0 unspecified atom stereocenters. The molecule has 0 aromatic heterocycles. The van der Waals surface area contributed by atoms with Crippen molar-refractivity contribution in [2.75, 3.05) is 0 Å². The zero-order chi connectivity index (χ0) is 20.0. The van der Waals surface area contributed by atoms with Crippen molar-refractivity contribution in [2.45, 2.75) is 24.2 Å². The van der Waals surface area contributed by atoms with Crippen molar-refractivity contribution in [3.8, 4) is 0 Å². The molecule has 2 aromatic carbocycles. The fraction of sp³-hybridized carbons (Fsp3) is 0.167. The largest absolute Gasteiger partial charge is 0.416 e. The first-order valence-corrected chi connectivity index (χ1v) is 9.22. The molecular weight excluding hydrogens is 381 g/mol. The molecule has 0 radical (unpaired) electrons. The van der Waals surface area contributed by atoms with Crippen LogP contribution >= 0.6 is 0 Å². The van der Waals surface area contributed by atoms with Gasteiger partial charge >= 0.3 is 6.18 Å². The minimum absolute atomic E-state index is 0.0402. The van der Waals surface area contributed by atoms with E-state index in [1.54, 1.807) is 18.2 Å². The molecule has 0 fully saturated rings. The number of carbonyl (C=O) groups excluding carboxylic acids is 1. The molecule has 0 atom stereocenters. The minimum atomic E-state index is -4.54. The molecule has 142 valence electrons. The summed E-state index contributed by atoms with van der Waals surface area (Å²) in [7, 11) is -3.97. The number of carbonyl (C=O) groups is 1. The molecule has 0 saturated carbocycles. The highest BCUT2D eigenvalue weighted by atomic mass is 32.2. The Kier molecular flexibility index (Phi) is 4.61. The van der Waals surface area contributed by atoms with Gasteiger partial charge in [-0.3, -0.25) is 4.79 Å². The zero-order valence-electron chi connectivity index (χ0n) is 14.0. The van der Waals surface area contributed by atoms with E-state index in [1.807, 2.05) is 0 Å². The third-order valence-electron chi connectivity index (χ3n) is 4.36. The third-order valence-corrected chi connectivity index (χ3v) is 6.17. The monoisotopic (exact) mass is 396 g/mol. The van der Waals surface area contributed by atoms with Gasteiger partial charge in [0.1, 0.15) is 0 Å². The van der Waals surface area contributed by atoms with Gasteiger partial charge in [-0.25, -0.2) is 8.42 Å². The normalized spacial score (nSPS) is 14.8. The van der Waals surface area contributed by atoms with E-state index in [4.69, 9.17) is 5.73 Å². The molecule has 0 aliphatic carbocycles. The van der Waals surface area contributed by atoms with Gasteiger partial charge in [0.15, 0.2) is 0 Å². The van der Waals surface area contributed by atoms with Crippen molar-refractivity contribution in [1.29, 1.82) is 0 Å². The average Bonchev–Trinajstić information content (AvgIpc) is 3.04. The highest BCUT2D eigenvalue weighted by Gasteiger charge is 2.33. The number of sulfonamides is 1. The van der Waals surface area contributed by atoms with Crippen LogP contribution in [-0.2, 0) is 34.1 Å². The van der Waals surface area contributed by atoms with E-state index in [1.165, 1.54) is 0 Å². The molecule has 1 aliphatic rings. The lowest BCUT2D eigenvalue weighted by atomic mass is 10.0. The summed E-state index contributed by atoms with van der Waals surface area (Å²) in [5.41, 5.74) is 6.32. The van der Waals surface area contributed by atoms with Crippen LogP contribution in [0.4, 0.5) is 13.2 Å². The van der Waals surface area contributed by atoms with Gasteiger partial charge in [0, 0.05) is 18.7 Å². The van der Waals surface area contributed by atoms with Gasteiger partial charge in [-0.15, -0.1) is 0 Å². The SMILES string of the molecule is C=C(C(N)=O)c1ccc2c(c1)CN(S(=O)(=O)c1ccc(C(F)(F)F)cc1)C2. The first-order valence-electron chi connectivity index (χ1n) is 7.78. The van der Waals surface area contributed by atoms with Gasteiger partial charge in [0.25, 0.3) is 0 Å². The number of benzene rings is 2. The number of primary amides is 1. The molecule has 1 amide bonds. The summed E-state index contributed by atoms with van der Waals surface area (Å²) in [6.07, 6.45) is -4.54. The lowest BCUT2D eigenvalue weighted by molar-refractivity contribution is -0.137. The van der Waals surface area contributed by atoms with E-state index in [0.717, 1.165) is 34.1 Å². The number of alkyl halides is 3. The quantitative estimate of drug-likeness (QED) is 0.807. The predicted molar refractivity (Wildman–Crippen MR) is 92.5 cm³/mol. The van der Waals surface area contributed by atoms with Crippen LogP contribution in [0.3, 0.4) is 0 Å². The van der Waals surface area contributed by atoms with Crippen molar-refractivity contribution >= 4 is 21.5 Å². The first-order chi connectivity index (χ1) is 12.5. The first kappa shape index (κ1) is 19.1. The van der Waals surface area contributed by atoms with Crippen LogP contribution in [0, 0.1) is 0 Å². The Morgan fingerprint density at radius 1 is 1.04 bits per heavy atom. The van der Waals surface area contributed by atoms with E-state index < -0.39 is 27.7 Å². The Balaban J connectivity index is 1.86. The second-order valence-electron chi connectivity index (χ2n) is 6.12. The topological polar surface area (TPSA) is 80.5 Å². The lowest BCUT2D eigenvalue weighted by Crippen LogP contribution is -2.25. The van der Waals surface area contributed by atoms with Gasteiger partial charge in [-0.1, -0.05) is 18.7 Å². The smallest absolute Gasteiger partial charge is 0.366 e. The van der Waals surface area contributed by atoms with Crippen LogP contribution in [-0.4, -0.2) is 18.6 Å². The number of fused-ring (bicyclic) bond motifs is 1. The average molecular weight is 396 g/mol. The molecule has 27 heavy (non-hydrogen) atoms. The Hall–Kier alpha value is -2.65. The van der Waals surface area contributed by atoms with E-state index in [2.05, 4.69) is 6.58 Å². The minimum Gasteiger partial charge on any atom is -0.366 e. The van der Waals surface area contributed by atoms with Gasteiger partial charge in [0.2, 0.25) is 15.9 Å². The van der Waals surface area contributed by atoms with Gasteiger partial charge < -0.3 is 5.73 Å². The van der Waals surface area contributed by atoms with Crippen LogP contribution < -0.4 is 5.73 Å². The summed E-state index contributed by atoms with van der Waals surface area (Å²) in [6, 6.07) is 8.32. The van der Waals surface area contributed by atoms with E-state index in [0.29, 0.717) is 11.1 Å². The van der Waals surface area contributed by atoms with Crippen LogP contribution in [0.5, 0.6) is 0 Å². The Bertz CT molecular complexity index is 1030. The van der Waals surface area contributed by atoms with Gasteiger partial charge in [0.05, 0.1) is 10.5 Å². The molecule has 1 heterocycles. The summed E-state index contributed by atoms with van der Waals surface area (Å²) in [5.74, 6) is -0.679. The van der Waals surface area contributed by atoms with Gasteiger partial charge in [-0.05, 0) is 47.0 Å². The maximum Gasteiger partial charge on any atom is 0.416 e. The van der Waals surface area contributed by atoms with Crippen LogP contribution in [0.2, 0.25) is 0 Å². The summed E-state index contributed by atoms with van der Waals surface area (Å²) >= 11 is 0. The fourth-order valence-corrected chi connectivity index (χ4v) is 4.22. The molecule has 9 heteroatoms. The molecule has 1 aliphatic heterocycles. The molecule has 5 nitrogen and oxygen atoms in total. The number of hydrogen-bond donors (Lipinski definition) is 1. The molecule has 2 aromatic rings.